The summed E-state index contributed by atoms with van der Waals surface area (Å²) in [5.41, 5.74) is 4.99. The van der Waals surface area contributed by atoms with E-state index in [1.807, 2.05) is 37.4 Å². The topological polar surface area (TPSA) is 50.0 Å². The first-order valence-corrected chi connectivity index (χ1v) is 8.17. The van der Waals surface area contributed by atoms with E-state index >= 15 is 0 Å². The van der Waals surface area contributed by atoms with Crippen molar-refractivity contribution in [3.05, 3.63) is 48.0 Å². The van der Waals surface area contributed by atoms with Crippen molar-refractivity contribution in [2.24, 2.45) is 0 Å². The highest BCUT2D eigenvalue weighted by molar-refractivity contribution is 5.95. The number of nitrogens with one attached hydrogen (secondary N) is 1. The Balaban J connectivity index is 2.02. The Labute approximate surface area is 141 Å². The maximum Gasteiger partial charge on any atom is 0.120 e. The molecule has 4 heteroatoms. The molecular weight excluding hydrogens is 298 g/mol. The van der Waals surface area contributed by atoms with E-state index in [0.717, 1.165) is 52.0 Å². The largest absolute Gasteiger partial charge is 0.497 e. The van der Waals surface area contributed by atoms with Gasteiger partial charge in [-0.3, -0.25) is 0 Å². The molecule has 0 spiro atoms. The molecule has 4 rings (SSSR count). The van der Waals surface area contributed by atoms with Crippen LogP contribution in [0.25, 0.3) is 22.2 Å². The lowest BCUT2D eigenvalue weighted by atomic mass is 10.1. The zero-order chi connectivity index (χ0) is 16.7. The number of hydrogen-bond donors (Lipinski definition) is 1. The summed E-state index contributed by atoms with van der Waals surface area (Å²) < 4.78 is 7.72. The Morgan fingerprint density at radius 2 is 1.92 bits per heavy atom. The Hall–Kier alpha value is -2.93. The summed E-state index contributed by atoms with van der Waals surface area (Å²) >= 11 is 0. The minimum absolute atomic E-state index is 0.473. The maximum atomic E-state index is 9.81. The number of fused-ring (bicyclic) bond motifs is 1. The Kier molecular flexibility index (Phi) is 3.42. The molecule has 1 aromatic heterocycles. The molecule has 24 heavy (non-hydrogen) atoms. The highest BCUT2D eigenvalue weighted by Crippen LogP contribution is 2.45. The molecule has 0 unspecified atom stereocenters. The molecule has 120 valence electrons. The fourth-order valence-corrected chi connectivity index (χ4v) is 3.32. The number of aromatic nitrogens is 1. The van der Waals surface area contributed by atoms with Gasteiger partial charge in [0, 0.05) is 30.2 Å². The summed E-state index contributed by atoms with van der Waals surface area (Å²) in [6.07, 6.45) is 2.32. The number of benzene rings is 2. The van der Waals surface area contributed by atoms with Crippen LogP contribution in [0.2, 0.25) is 0 Å². The van der Waals surface area contributed by atoms with Crippen LogP contribution in [-0.4, -0.2) is 18.7 Å². The van der Waals surface area contributed by atoms with E-state index in [-0.39, 0.29) is 0 Å². The van der Waals surface area contributed by atoms with Gasteiger partial charge in [-0.1, -0.05) is 12.1 Å². The molecule has 0 atom stereocenters. The highest BCUT2D eigenvalue weighted by atomic mass is 16.5. The minimum Gasteiger partial charge on any atom is -0.497 e. The van der Waals surface area contributed by atoms with E-state index < -0.39 is 0 Å². The molecule has 0 radical (unpaired) electrons. The molecule has 3 aromatic rings. The molecule has 0 saturated heterocycles. The summed E-state index contributed by atoms with van der Waals surface area (Å²) in [6, 6.07) is 17.1. The van der Waals surface area contributed by atoms with Gasteiger partial charge in [-0.05, 0) is 42.7 Å². The van der Waals surface area contributed by atoms with Crippen LogP contribution in [0.5, 0.6) is 5.75 Å². The van der Waals surface area contributed by atoms with E-state index in [1.54, 1.807) is 7.11 Å². The summed E-state index contributed by atoms with van der Waals surface area (Å²) in [5.74, 6) is 0.823. The number of rotatable bonds is 4. The molecule has 0 amide bonds. The number of hydrogen-bond acceptors (Lipinski definition) is 3. The third kappa shape index (κ3) is 2.21. The zero-order valence-electron chi connectivity index (χ0n) is 13.8. The number of methoxy groups -OCH3 is 1. The quantitative estimate of drug-likeness (QED) is 0.767. The van der Waals surface area contributed by atoms with Crippen LogP contribution in [0, 0.1) is 11.3 Å². The van der Waals surface area contributed by atoms with Gasteiger partial charge >= 0.3 is 0 Å². The molecule has 4 nitrogen and oxygen atoms in total. The lowest BCUT2D eigenvalue weighted by Gasteiger charge is -2.11. The van der Waals surface area contributed by atoms with Gasteiger partial charge in [0.25, 0.3) is 0 Å². The van der Waals surface area contributed by atoms with Gasteiger partial charge in [0.15, 0.2) is 0 Å². The number of nitriles is 1. The predicted octanol–water partition coefficient (Wildman–Crippen LogP) is 4.57. The van der Waals surface area contributed by atoms with Gasteiger partial charge in [0.2, 0.25) is 0 Å². The van der Waals surface area contributed by atoms with Gasteiger partial charge in [-0.2, -0.15) is 5.26 Å². The van der Waals surface area contributed by atoms with E-state index in [2.05, 4.69) is 28.1 Å². The fourth-order valence-electron chi connectivity index (χ4n) is 3.32. The number of anilines is 1. The van der Waals surface area contributed by atoms with Crippen molar-refractivity contribution in [3.8, 4) is 23.1 Å². The molecule has 1 aliphatic carbocycles. The number of nitrogens with zero attached hydrogens (tertiary/aromatic N) is 2. The second-order valence-corrected chi connectivity index (χ2v) is 6.15. The maximum absolute atomic E-state index is 9.81. The highest BCUT2D eigenvalue weighted by Gasteiger charge is 2.30. The lowest BCUT2D eigenvalue weighted by Crippen LogP contribution is -1.98. The van der Waals surface area contributed by atoms with Gasteiger partial charge in [0.1, 0.15) is 11.8 Å². The van der Waals surface area contributed by atoms with Crippen molar-refractivity contribution >= 4 is 16.6 Å². The first-order chi connectivity index (χ1) is 11.8. The summed E-state index contributed by atoms with van der Waals surface area (Å²) in [6.45, 7) is 0. The smallest absolute Gasteiger partial charge is 0.120 e. The summed E-state index contributed by atoms with van der Waals surface area (Å²) in [7, 11) is 3.58. The molecule has 0 bridgehead atoms. The molecule has 1 heterocycles. The standard InChI is InChI=1S/C20H19N3O/c1-22-14-5-3-13(4-6-14)20-18(12-21)17-10-9-16(24-2)11-19(17)23(20)15-7-8-15/h3-6,9-11,15,22H,7-8H2,1-2H3. The van der Waals surface area contributed by atoms with Crippen molar-refractivity contribution in [1.29, 1.82) is 5.26 Å². The molecule has 1 saturated carbocycles. The van der Waals surface area contributed by atoms with E-state index in [9.17, 15) is 5.26 Å². The van der Waals surface area contributed by atoms with Crippen molar-refractivity contribution in [2.75, 3.05) is 19.5 Å². The van der Waals surface area contributed by atoms with Crippen molar-refractivity contribution in [3.63, 3.8) is 0 Å². The van der Waals surface area contributed by atoms with Crippen molar-refractivity contribution in [1.82, 2.24) is 4.57 Å². The predicted molar refractivity (Wildman–Crippen MR) is 96.5 cm³/mol. The average molecular weight is 317 g/mol. The van der Waals surface area contributed by atoms with E-state index in [0.29, 0.717) is 6.04 Å². The van der Waals surface area contributed by atoms with Gasteiger partial charge < -0.3 is 14.6 Å². The second-order valence-electron chi connectivity index (χ2n) is 6.15. The van der Waals surface area contributed by atoms with Crippen LogP contribution >= 0.6 is 0 Å². The van der Waals surface area contributed by atoms with Crippen LogP contribution in [-0.2, 0) is 0 Å². The normalized spacial score (nSPS) is 13.7. The zero-order valence-corrected chi connectivity index (χ0v) is 13.8. The van der Waals surface area contributed by atoms with Crippen molar-refractivity contribution in [2.45, 2.75) is 18.9 Å². The molecular formula is C20H19N3O. The first kappa shape index (κ1) is 14.6. The van der Waals surface area contributed by atoms with Crippen LogP contribution in [0.3, 0.4) is 0 Å². The Bertz CT molecular complexity index is 944. The van der Waals surface area contributed by atoms with E-state index in [1.165, 1.54) is 0 Å². The third-order valence-electron chi connectivity index (χ3n) is 4.68. The third-order valence-corrected chi connectivity index (χ3v) is 4.68. The summed E-state index contributed by atoms with van der Waals surface area (Å²) in [5, 5.41) is 13.9. The Morgan fingerprint density at radius 3 is 2.50 bits per heavy atom. The van der Waals surface area contributed by atoms with Crippen LogP contribution in [0.1, 0.15) is 24.4 Å². The van der Waals surface area contributed by atoms with Gasteiger partial charge in [-0.15, -0.1) is 0 Å². The van der Waals surface area contributed by atoms with Crippen LogP contribution < -0.4 is 10.1 Å². The van der Waals surface area contributed by atoms with Crippen LogP contribution in [0.4, 0.5) is 5.69 Å². The Morgan fingerprint density at radius 1 is 1.17 bits per heavy atom. The van der Waals surface area contributed by atoms with Crippen LogP contribution in [0.15, 0.2) is 42.5 Å². The first-order valence-electron chi connectivity index (χ1n) is 8.17. The second kappa shape index (κ2) is 5.61. The van der Waals surface area contributed by atoms with E-state index in [4.69, 9.17) is 4.74 Å². The van der Waals surface area contributed by atoms with Crippen molar-refractivity contribution < 1.29 is 4.74 Å². The van der Waals surface area contributed by atoms with Gasteiger partial charge in [0.05, 0.1) is 23.9 Å². The molecule has 1 N–H and O–H groups in total. The number of ether oxygens (including phenoxy) is 1. The average Bonchev–Trinajstić information content (AvgIpc) is 3.42. The molecule has 0 aliphatic heterocycles. The molecule has 2 aromatic carbocycles. The SMILES string of the molecule is CNc1ccc(-c2c(C#N)c3ccc(OC)cc3n2C2CC2)cc1. The summed E-state index contributed by atoms with van der Waals surface area (Å²) in [4.78, 5) is 0. The lowest BCUT2D eigenvalue weighted by molar-refractivity contribution is 0.415. The molecule has 1 fully saturated rings. The fraction of sp³-hybridized carbons (Fsp3) is 0.250. The monoisotopic (exact) mass is 317 g/mol. The minimum atomic E-state index is 0.473. The van der Waals surface area contributed by atoms with Gasteiger partial charge in [-0.25, -0.2) is 0 Å². The molecule has 1 aliphatic rings.